The summed E-state index contributed by atoms with van der Waals surface area (Å²) in [5, 5.41) is 4.17. The number of aromatic amines is 1. The van der Waals surface area contributed by atoms with Gasteiger partial charge in [-0.25, -0.2) is 0 Å². The Labute approximate surface area is 141 Å². The molecule has 1 amide bonds. The van der Waals surface area contributed by atoms with Gasteiger partial charge in [-0.05, 0) is 48.7 Å². The van der Waals surface area contributed by atoms with Crippen molar-refractivity contribution in [3.8, 4) is 5.75 Å². The number of aryl methyl sites for hydroxylation is 1. The molecule has 0 unspecified atom stereocenters. The number of aromatic nitrogens is 1. The zero-order valence-electron chi connectivity index (χ0n) is 13.8. The van der Waals surface area contributed by atoms with Crippen molar-refractivity contribution in [3.63, 3.8) is 0 Å². The van der Waals surface area contributed by atoms with Crippen LogP contribution in [0, 0.1) is 0 Å². The van der Waals surface area contributed by atoms with Gasteiger partial charge in [-0.3, -0.25) is 4.79 Å². The number of amides is 1. The number of hydrogen-bond acceptors (Lipinski definition) is 2. The third-order valence-electron chi connectivity index (χ3n) is 4.03. The van der Waals surface area contributed by atoms with Crippen LogP contribution in [0.2, 0.25) is 0 Å². The van der Waals surface area contributed by atoms with Crippen LogP contribution in [-0.4, -0.2) is 17.5 Å². The molecule has 0 aliphatic rings. The topological polar surface area (TPSA) is 54.1 Å². The minimum atomic E-state index is 0.0661. The molecule has 1 heterocycles. The van der Waals surface area contributed by atoms with E-state index in [2.05, 4.69) is 22.4 Å². The number of ether oxygens (including phenoxy) is 1. The largest absolute Gasteiger partial charge is 0.494 e. The second-order valence-electron chi connectivity index (χ2n) is 5.71. The molecule has 3 rings (SSSR count). The van der Waals surface area contributed by atoms with Gasteiger partial charge in [-0.1, -0.05) is 24.3 Å². The lowest BCUT2D eigenvalue weighted by Crippen LogP contribution is -2.22. The van der Waals surface area contributed by atoms with Gasteiger partial charge in [0.05, 0.1) is 6.61 Å². The summed E-state index contributed by atoms with van der Waals surface area (Å²) >= 11 is 0. The minimum absolute atomic E-state index is 0.0661. The van der Waals surface area contributed by atoms with E-state index in [1.165, 1.54) is 10.9 Å². The van der Waals surface area contributed by atoms with Crippen molar-refractivity contribution in [2.24, 2.45) is 0 Å². The molecule has 0 saturated carbocycles. The molecule has 0 bridgehead atoms. The van der Waals surface area contributed by atoms with Crippen molar-refractivity contribution in [3.05, 3.63) is 65.9 Å². The lowest BCUT2D eigenvalue weighted by Gasteiger charge is -2.08. The fourth-order valence-electron chi connectivity index (χ4n) is 2.78. The zero-order chi connectivity index (χ0) is 16.8. The second-order valence-corrected chi connectivity index (χ2v) is 5.71. The Hall–Kier alpha value is -2.75. The number of carbonyl (C=O) groups is 1. The van der Waals surface area contributed by atoms with Crippen LogP contribution in [0.15, 0.2) is 54.7 Å². The van der Waals surface area contributed by atoms with Crippen molar-refractivity contribution in [2.45, 2.75) is 26.3 Å². The van der Waals surface area contributed by atoms with E-state index in [4.69, 9.17) is 4.74 Å². The predicted molar refractivity (Wildman–Crippen MR) is 96.1 cm³/mol. The lowest BCUT2D eigenvalue weighted by atomic mass is 10.1. The summed E-state index contributed by atoms with van der Waals surface area (Å²) in [6, 6.07) is 16.0. The molecule has 4 heteroatoms. The number of nitrogens with one attached hydrogen (secondary N) is 2. The van der Waals surface area contributed by atoms with Crippen molar-refractivity contribution in [1.29, 1.82) is 0 Å². The summed E-state index contributed by atoms with van der Waals surface area (Å²) in [6.07, 6.45) is 3.16. The molecule has 0 aliphatic carbocycles. The highest BCUT2D eigenvalue weighted by Crippen LogP contribution is 2.18. The minimum Gasteiger partial charge on any atom is -0.494 e. The molecule has 24 heavy (non-hydrogen) atoms. The maximum Gasteiger partial charge on any atom is 0.220 e. The van der Waals surface area contributed by atoms with Crippen molar-refractivity contribution < 1.29 is 9.53 Å². The maximum absolute atomic E-state index is 12.1. The Kier molecular flexibility index (Phi) is 5.16. The van der Waals surface area contributed by atoms with Gasteiger partial charge >= 0.3 is 0 Å². The number of hydrogen-bond donors (Lipinski definition) is 2. The van der Waals surface area contributed by atoms with Crippen LogP contribution in [-0.2, 0) is 17.8 Å². The summed E-state index contributed by atoms with van der Waals surface area (Å²) in [7, 11) is 0. The fraction of sp³-hybridized carbons (Fsp3) is 0.250. The van der Waals surface area contributed by atoms with Crippen molar-refractivity contribution >= 4 is 16.8 Å². The quantitative estimate of drug-likeness (QED) is 0.695. The molecule has 0 atom stereocenters. The number of carbonyl (C=O) groups excluding carboxylic acids is 1. The Morgan fingerprint density at radius 3 is 2.75 bits per heavy atom. The van der Waals surface area contributed by atoms with Gasteiger partial charge in [0.2, 0.25) is 5.91 Å². The molecule has 2 aromatic carbocycles. The molecular formula is C20H22N2O2. The lowest BCUT2D eigenvalue weighted by molar-refractivity contribution is -0.121. The molecule has 0 spiro atoms. The molecular weight excluding hydrogens is 300 g/mol. The Bertz CT molecular complexity index is 806. The van der Waals surface area contributed by atoms with Gasteiger partial charge in [0.25, 0.3) is 0 Å². The first-order valence-corrected chi connectivity index (χ1v) is 8.29. The van der Waals surface area contributed by atoms with Crippen LogP contribution in [0.3, 0.4) is 0 Å². The summed E-state index contributed by atoms with van der Waals surface area (Å²) in [5.41, 5.74) is 3.38. The fourth-order valence-corrected chi connectivity index (χ4v) is 2.78. The predicted octanol–water partition coefficient (Wildman–Crippen LogP) is 3.82. The summed E-state index contributed by atoms with van der Waals surface area (Å²) < 4.78 is 5.41. The molecule has 3 aromatic rings. The molecule has 1 aromatic heterocycles. The van der Waals surface area contributed by atoms with E-state index in [0.717, 1.165) is 23.3 Å². The molecule has 0 aliphatic heterocycles. The van der Waals surface area contributed by atoms with Crippen LogP contribution in [0.4, 0.5) is 0 Å². The van der Waals surface area contributed by atoms with Gasteiger partial charge < -0.3 is 15.0 Å². The first-order valence-electron chi connectivity index (χ1n) is 8.29. The van der Waals surface area contributed by atoms with Gasteiger partial charge in [-0.15, -0.1) is 0 Å². The molecule has 0 radical (unpaired) electrons. The van der Waals surface area contributed by atoms with E-state index in [0.29, 0.717) is 19.6 Å². The van der Waals surface area contributed by atoms with E-state index >= 15 is 0 Å². The third-order valence-corrected chi connectivity index (χ3v) is 4.03. The standard InChI is InChI=1S/C20H22N2O2/c1-2-24-17-9-6-15(7-10-17)14-22-20(23)11-8-16-4-3-5-19-18(16)12-13-21-19/h3-7,9-10,12-13,21H,2,8,11,14H2,1H3,(H,22,23). The summed E-state index contributed by atoms with van der Waals surface area (Å²) in [5.74, 6) is 0.920. The van der Waals surface area contributed by atoms with Gasteiger partial charge in [0.1, 0.15) is 5.75 Å². The third kappa shape index (κ3) is 3.96. The molecule has 0 saturated heterocycles. The van der Waals surface area contributed by atoms with Gasteiger partial charge in [-0.2, -0.15) is 0 Å². The first kappa shape index (κ1) is 16.1. The Morgan fingerprint density at radius 1 is 1.12 bits per heavy atom. The zero-order valence-corrected chi connectivity index (χ0v) is 13.8. The van der Waals surface area contributed by atoms with Crippen LogP contribution < -0.4 is 10.1 Å². The second kappa shape index (κ2) is 7.68. The van der Waals surface area contributed by atoms with Crippen LogP contribution in [0.25, 0.3) is 10.9 Å². The van der Waals surface area contributed by atoms with Crippen molar-refractivity contribution in [2.75, 3.05) is 6.61 Å². The van der Waals surface area contributed by atoms with E-state index in [1.807, 2.05) is 49.5 Å². The number of rotatable bonds is 7. The molecule has 0 fully saturated rings. The number of fused-ring (bicyclic) bond motifs is 1. The van der Waals surface area contributed by atoms with E-state index < -0.39 is 0 Å². The van der Waals surface area contributed by atoms with E-state index in [9.17, 15) is 4.79 Å². The maximum atomic E-state index is 12.1. The smallest absolute Gasteiger partial charge is 0.220 e. The first-order chi connectivity index (χ1) is 11.8. The summed E-state index contributed by atoms with van der Waals surface area (Å²) in [6.45, 7) is 3.16. The summed E-state index contributed by atoms with van der Waals surface area (Å²) in [4.78, 5) is 15.3. The van der Waals surface area contributed by atoms with Crippen LogP contribution in [0.1, 0.15) is 24.5 Å². The molecule has 124 valence electrons. The molecule has 2 N–H and O–H groups in total. The van der Waals surface area contributed by atoms with Gasteiger partial charge in [0.15, 0.2) is 0 Å². The molecule has 4 nitrogen and oxygen atoms in total. The van der Waals surface area contributed by atoms with E-state index in [1.54, 1.807) is 0 Å². The monoisotopic (exact) mass is 322 g/mol. The van der Waals surface area contributed by atoms with Gasteiger partial charge in [0, 0.05) is 30.1 Å². The number of benzene rings is 2. The Balaban J connectivity index is 1.50. The van der Waals surface area contributed by atoms with Crippen LogP contribution >= 0.6 is 0 Å². The highest BCUT2D eigenvalue weighted by atomic mass is 16.5. The number of H-pyrrole nitrogens is 1. The Morgan fingerprint density at radius 2 is 1.96 bits per heavy atom. The average molecular weight is 322 g/mol. The average Bonchev–Trinajstić information content (AvgIpc) is 3.09. The highest BCUT2D eigenvalue weighted by Gasteiger charge is 2.06. The SMILES string of the molecule is CCOc1ccc(CNC(=O)CCc2cccc3[nH]ccc23)cc1. The van der Waals surface area contributed by atoms with Crippen LogP contribution in [0.5, 0.6) is 5.75 Å². The highest BCUT2D eigenvalue weighted by molar-refractivity contribution is 5.84. The van der Waals surface area contributed by atoms with E-state index in [-0.39, 0.29) is 5.91 Å². The van der Waals surface area contributed by atoms with Crippen molar-refractivity contribution in [1.82, 2.24) is 10.3 Å². The normalized spacial score (nSPS) is 10.7.